The Bertz CT molecular complexity index is 3140. The molecule has 0 aliphatic carbocycles. The summed E-state index contributed by atoms with van der Waals surface area (Å²) in [6, 6.07) is 53.0. The van der Waals surface area contributed by atoms with Crippen LogP contribution in [-0.4, -0.2) is 10.8 Å². The van der Waals surface area contributed by atoms with Gasteiger partial charge in [0.2, 0.25) is 0 Å². The van der Waals surface area contributed by atoms with E-state index in [1.165, 1.54) is 5.56 Å². The van der Waals surface area contributed by atoms with Gasteiger partial charge in [0.15, 0.2) is 0 Å². The minimum atomic E-state index is 0.543. The van der Waals surface area contributed by atoms with E-state index in [9.17, 15) is 0 Å². The third kappa shape index (κ3) is 5.50. The van der Waals surface area contributed by atoms with Crippen LogP contribution in [0.4, 0.5) is 0 Å². The number of para-hydroxylation sites is 1. The molecule has 4 nitrogen and oxygen atoms in total. The van der Waals surface area contributed by atoms with Crippen LogP contribution in [-0.2, 0) is 6.54 Å². The van der Waals surface area contributed by atoms with Crippen LogP contribution in [0.25, 0.3) is 94.9 Å². The van der Waals surface area contributed by atoms with E-state index in [2.05, 4.69) is 151 Å². The molecule has 7 aromatic carbocycles. The highest BCUT2D eigenvalue weighted by Gasteiger charge is 2.18. The Labute approximate surface area is 318 Å². The number of rotatable bonds is 8. The lowest BCUT2D eigenvalue weighted by atomic mass is 9.96. The van der Waals surface area contributed by atoms with Gasteiger partial charge < -0.3 is 13.4 Å². The Hall–Kier alpha value is -7.17. The van der Waals surface area contributed by atoms with Gasteiger partial charge in [-0.05, 0) is 101 Å². The summed E-state index contributed by atoms with van der Waals surface area (Å²) in [7, 11) is 0. The van der Waals surface area contributed by atoms with E-state index in [0.29, 0.717) is 6.54 Å². The molecule has 3 heterocycles. The van der Waals surface area contributed by atoms with Crippen LogP contribution >= 0.6 is 0 Å². The average Bonchev–Trinajstić information content (AvgIpc) is 3.90. The van der Waals surface area contributed by atoms with E-state index in [1.54, 1.807) is 0 Å². The maximum atomic E-state index is 6.45. The minimum absolute atomic E-state index is 0.543. The second-order valence-electron chi connectivity index (χ2n) is 13.9. The molecule has 0 unspecified atom stereocenters. The molecular formula is C51H36N2O2. The third-order valence-electron chi connectivity index (χ3n) is 10.6. The van der Waals surface area contributed by atoms with Gasteiger partial charge >= 0.3 is 0 Å². The van der Waals surface area contributed by atoms with Crippen molar-refractivity contribution in [3.05, 3.63) is 187 Å². The SMILES string of the molecule is C=Cc1c(/C=C\C)n(-c2ccccc2)c2ccc(CN=Cc3cccc4oc5ccc(-c6cccc7oc8cc(-c9ccccc9)ccc8c67)cc5c34)cc12. The van der Waals surface area contributed by atoms with Crippen molar-refractivity contribution >= 4 is 73.1 Å². The van der Waals surface area contributed by atoms with Gasteiger partial charge in [-0.3, -0.25) is 4.99 Å². The molecule has 0 N–H and O–H groups in total. The van der Waals surface area contributed by atoms with Crippen LogP contribution in [0.5, 0.6) is 0 Å². The third-order valence-corrected chi connectivity index (χ3v) is 10.6. The van der Waals surface area contributed by atoms with Crippen LogP contribution in [0.15, 0.2) is 178 Å². The molecule has 0 saturated carbocycles. The second kappa shape index (κ2) is 13.4. The first-order valence-electron chi connectivity index (χ1n) is 18.6. The van der Waals surface area contributed by atoms with Gasteiger partial charge in [-0.25, -0.2) is 0 Å². The summed E-state index contributed by atoms with van der Waals surface area (Å²) in [6.45, 7) is 6.78. The monoisotopic (exact) mass is 708 g/mol. The standard InChI is InChI=1S/C51H36N2O2/c1-3-13-44-39(4-2)42-28-33(22-26-45(42)53(44)38-17-9-6-10-18-38)31-52-32-37-16-11-20-47-50(37)43-29-36(24-27-46(43)54-47)40-19-12-21-48-51(40)41-25-23-35(30-49(41)55-48)34-14-7-5-8-15-34/h3-30,32H,2,31H2,1H3/b13-3-,52-32?. The molecule has 0 spiro atoms. The number of aliphatic imine (C=N–C) groups is 1. The Morgan fingerprint density at radius 2 is 1.36 bits per heavy atom. The Morgan fingerprint density at radius 1 is 0.600 bits per heavy atom. The van der Waals surface area contributed by atoms with E-state index in [1.807, 2.05) is 43.5 Å². The molecule has 0 saturated heterocycles. The molecule has 0 amide bonds. The number of hydrogen-bond acceptors (Lipinski definition) is 3. The molecule has 0 aliphatic heterocycles. The number of furan rings is 2. The molecular weight excluding hydrogens is 673 g/mol. The molecule has 3 aromatic heterocycles. The quantitative estimate of drug-likeness (QED) is 0.148. The zero-order chi connectivity index (χ0) is 36.9. The van der Waals surface area contributed by atoms with Gasteiger partial charge in [0, 0.05) is 50.0 Å². The highest BCUT2D eigenvalue weighted by Crippen LogP contribution is 2.41. The van der Waals surface area contributed by atoms with Crippen LogP contribution in [0.2, 0.25) is 0 Å². The fourth-order valence-electron chi connectivity index (χ4n) is 8.13. The molecule has 10 rings (SSSR count). The van der Waals surface area contributed by atoms with Gasteiger partial charge in [0.1, 0.15) is 22.3 Å². The summed E-state index contributed by atoms with van der Waals surface area (Å²) in [5.41, 5.74) is 14.6. The Morgan fingerprint density at radius 3 is 2.18 bits per heavy atom. The van der Waals surface area contributed by atoms with Crippen LogP contribution in [0.1, 0.15) is 29.3 Å². The minimum Gasteiger partial charge on any atom is -0.456 e. The van der Waals surface area contributed by atoms with Crippen molar-refractivity contribution in [2.45, 2.75) is 13.5 Å². The lowest BCUT2D eigenvalue weighted by Gasteiger charge is -2.09. The zero-order valence-electron chi connectivity index (χ0n) is 30.4. The van der Waals surface area contributed by atoms with Crippen LogP contribution in [0, 0.1) is 0 Å². The van der Waals surface area contributed by atoms with Crippen molar-refractivity contribution in [1.82, 2.24) is 4.57 Å². The van der Waals surface area contributed by atoms with Crippen LogP contribution in [0.3, 0.4) is 0 Å². The molecule has 0 radical (unpaired) electrons. The van der Waals surface area contributed by atoms with Crippen molar-refractivity contribution in [1.29, 1.82) is 0 Å². The molecule has 55 heavy (non-hydrogen) atoms. The fraction of sp³-hybridized carbons (Fsp3) is 0.0392. The number of hydrogen-bond donors (Lipinski definition) is 0. The van der Waals surface area contributed by atoms with Crippen molar-refractivity contribution in [3.63, 3.8) is 0 Å². The molecule has 4 heteroatoms. The van der Waals surface area contributed by atoms with Gasteiger partial charge in [0.05, 0.1) is 17.8 Å². The fourth-order valence-corrected chi connectivity index (χ4v) is 8.13. The topological polar surface area (TPSA) is 43.6 Å². The smallest absolute Gasteiger partial charge is 0.136 e. The number of allylic oxidation sites excluding steroid dienone is 1. The van der Waals surface area contributed by atoms with Gasteiger partial charge in [0.25, 0.3) is 0 Å². The molecule has 10 aromatic rings. The largest absolute Gasteiger partial charge is 0.456 e. The van der Waals surface area contributed by atoms with Crippen molar-refractivity contribution in [2.24, 2.45) is 4.99 Å². The number of nitrogens with zero attached hydrogens (tertiary/aromatic N) is 2. The summed E-state index contributed by atoms with van der Waals surface area (Å²) in [5.74, 6) is 0. The van der Waals surface area contributed by atoms with E-state index < -0.39 is 0 Å². The van der Waals surface area contributed by atoms with Gasteiger partial charge in [-0.1, -0.05) is 110 Å². The van der Waals surface area contributed by atoms with Crippen molar-refractivity contribution in [3.8, 4) is 27.9 Å². The average molecular weight is 709 g/mol. The molecule has 0 bridgehead atoms. The van der Waals surface area contributed by atoms with E-state index in [0.717, 1.165) is 99.5 Å². The predicted molar refractivity (Wildman–Crippen MR) is 231 cm³/mol. The molecule has 0 aliphatic rings. The second-order valence-corrected chi connectivity index (χ2v) is 13.9. The molecule has 262 valence electrons. The van der Waals surface area contributed by atoms with E-state index >= 15 is 0 Å². The van der Waals surface area contributed by atoms with Crippen molar-refractivity contribution in [2.75, 3.05) is 0 Å². The van der Waals surface area contributed by atoms with E-state index in [4.69, 9.17) is 13.8 Å². The first-order valence-corrected chi connectivity index (χ1v) is 18.6. The first-order chi connectivity index (χ1) is 27.2. The van der Waals surface area contributed by atoms with Crippen molar-refractivity contribution < 1.29 is 8.83 Å². The maximum absolute atomic E-state index is 6.45. The zero-order valence-corrected chi connectivity index (χ0v) is 30.4. The highest BCUT2D eigenvalue weighted by atomic mass is 16.3. The summed E-state index contributed by atoms with van der Waals surface area (Å²) < 4.78 is 15.1. The summed E-state index contributed by atoms with van der Waals surface area (Å²) in [4.78, 5) is 4.99. The lowest BCUT2D eigenvalue weighted by molar-refractivity contribution is 0.669. The summed E-state index contributed by atoms with van der Waals surface area (Å²) in [6.07, 6.45) is 8.18. The lowest BCUT2D eigenvalue weighted by Crippen LogP contribution is -1.96. The summed E-state index contributed by atoms with van der Waals surface area (Å²) >= 11 is 0. The Balaban J connectivity index is 1.02. The van der Waals surface area contributed by atoms with Gasteiger partial charge in [-0.2, -0.15) is 0 Å². The molecule has 0 fully saturated rings. The number of fused-ring (bicyclic) bond motifs is 7. The highest BCUT2D eigenvalue weighted by molar-refractivity contribution is 6.16. The Kier molecular flexibility index (Phi) is 7.88. The normalized spacial score (nSPS) is 12.1. The van der Waals surface area contributed by atoms with Gasteiger partial charge in [-0.15, -0.1) is 0 Å². The van der Waals surface area contributed by atoms with Crippen LogP contribution < -0.4 is 0 Å². The predicted octanol–water partition coefficient (Wildman–Crippen LogP) is 14.1. The summed E-state index contributed by atoms with van der Waals surface area (Å²) in [5, 5.41) is 5.48. The first kappa shape index (κ1) is 32.5. The number of benzene rings is 7. The molecule has 0 atom stereocenters. The maximum Gasteiger partial charge on any atom is 0.136 e. The number of aromatic nitrogens is 1. The van der Waals surface area contributed by atoms with E-state index in [-0.39, 0.29) is 0 Å².